The third-order valence-corrected chi connectivity index (χ3v) is 6.16. The van der Waals surface area contributed by atoms with Crippen molar-refractivity contribution in [3.63, 3.8) is 0 Å². The van der Waals surface area contributed by atoms with E-state index in [1.165, 1.54) is 5.56 Å². The molecule has 2 amide bonds. The topological polar surface area (TPSA) is 66.5 Å². The molecule has 0 spiro atoms. The summed E-state index contributed by atoms with van der Waals surface area (Å²) in [7, 11) is 0. The molecule has 4 rings (SSSR count). The number of nitrogens with one attached hydrogen (secondary N) is 1. The smallest absolute Gasteiger partial charge is 0.255 e. The lowest BCUT2D eigenvalue weighted by atomic mass is 9.86. The summed E-state index contributed by atoms with van der Waals surface area (Å²) in [5.41, 5.74) is 4.41. The summed E-state index contributed by atoms with van der Waals surface area (Å²) >= 11 is 0. The Morgan fingerprint density at radius 2 is 1.56 bits per heavy atom. The third kappa shape index (κ3) is 5.42. The van der Waals surface area contributed by atoms with Crippen LogP contribution in [0.2, 0.25) is 0 Å². The Labute approximate surface area is 200 Å². The van der Waals surface area contributed by atoms with Gasteiger partial charge in [-0.2, -0.15) is 0 Å². The minimum atomic E-state index is -0.247. The summed E-state index contributed by atoms with van der Waals surface area (Å²) < 4.78 is 0. The van der Waals surface area contributed by atoms with E-state index in [4.69, 9.17) is 0 Å². The van der Waals surface area contributed by atoms with Crippen LogP contribution in [0.25, 0.3) is 0 Å². The highest BCUT2D eigenvalue weighted by Crippen LogP contribution is 2.23. The summed E-state index contributed by atoms with van der Waals surface area (Å²) in [5.74, 6) is -0.151. The van der Waals surface area contributed by atoms with Gasteiger partial charge in [0.25, 0.3) is 5.91 Å². The van der Waals surface area contributed by atoms with E-state index in [1.807, 2.05) is 41.3 Å². The molecule has 0 unspecified atom stereocenters. The van der Waals surface area contributed by atoms with Crippen LogP contribution in [-0.4, -0.2) is 29.0 Å². The second-order valence-corrected chi connectivity index (χ2v) is 9.81. The maximum absolute atomic E-state index is 13.0. The predicted molar refractivity (Wildman–Crippen MR) is 134 cm³/mol. The number of likely N-dealkylation sites (tertiary alicyclic amines) is 1. The second kappa shape index (κ2) is 9.64. The zero-order valence-electron chi connectivity index (χ0n) is 19.9. The largest absolute Gasteiger partial charge is 0.338 e. The molecule has 34 heavy (non-hydrogen) atoms. The van der Waals surface area contributed by atoms with Crippen LogP contribution in [0.15, 0.2) is 72.8 Å². The molecule has 0 aliphatic carbocycles. The van der Waals surface area contributed by atoms with Gasteiger partial charge in [0.2, 0.25) is 5.91 Å². The zero-order chi connectivity index (χ0) is 24.3. The molecule has 1 aliphatic rings. The Bertz CT molecular complexity index is 1210. The van der Waals surface area contributed by atoms with Crippen molar-refractivity contribution in [3.8, 4) is 0 Å². The summed E-state index contributed by atoms with van der Waals surface area (Å²) in [6.07, 6.45) is 1.52. The molecule has 3 aromatic rings. The van der Waals surface area contributed by atoms with E-state index in [0.29, 0.717) is 35.3 Å². The van der Waals surface area contributed by atoms with Gasteiger partial charge in [-0.15, -0.1) is 0 Å². The maximum atomic E-state index is 13.0. The number of anilines is 1. The minimum absolute atomic E-state index is 0.0234. The second-order valence-electron chi connectivity index (χ2n) is 9.81. The van der Waals surface area contributed by atoms with Crippen LogP contribution in [0.3, 0.4) is 0 Å². The van der Waals surface area contributed by atoms with Crippen LogP contribution in [-0.2, 0) is 16.8 Å². The Morgan fingerprint density at radius 1 is 0.882 bits per heavy atom. The van der Waals surface area contributed by atoms with Gasteiger partial charge in [0.05, 0.1) is 0 Å². The fourth-order valence-corrected chi connectivity index (χ4v) is 4.08. The molecular formula is C29H30N2O3. The molecular weight excluding hydrogens is 424 g/mol. The molecule has 174 valence electrons. The number of benzene rings is 3. The Kier molecular flexibility index (Phi) is 6.64. The summed E-state index contributed by atoms with van der Waals surface area (Å²) in [6.45, 7) is 7.77. The van der Waals surface area contributed by atoms with E-state index in [2.05, 4.69) is 26.1 Å². The van der Waals surface area contributed by atoms with Crippen molar-refractivity contribution in [1.82, 2.24) is 4.90 Å². The van der Waals surface area contributed by atoms with Crippen LogP contribution in [0.5, 0.6) is 0 Å². The third-order valence-electron chi connectivity index (χ3n) is 6.16. The van der Waals surface area contributed by atoms with Crippen molar-refractivity contribution in [3.05, 3.63) is 101 Å². The Hall–Kier alpha value is -3.73. The highest BCUT2D eigenvalue weighted by atomic mass is 16.2. The lowest BCUT2D eigenvalue weighted by Crippen LogP contribution is -2.23. The molecule has 1 N–H and O–H groups in total. The van der Waals surface area contributed by atoms with Crippen molar-refractivity contribution in [2.75, 3.05) is 11.9 Å². The highest BCUT2D eigenvalue weighted by molar-refractivity contribution is 6.10. The monoisotopic (exact) mass is 454 g/mol. The van der Waals surface area contributed by atoms with Gasteiger partial charge in [0, 0.05) is 41.9 Å². The lowest BCUT2D eigenvalue weighted by Gasteiger charge is -2.19. The van der Waals surface area contributed by atoms with Crippen LogP contribution in [0.4, 0.5) is 5.69 Å². The molecule has 0 radical (unpaired) electrons. The van der Waals surface area contributed by atoms with Crippen molar-refractivity contribution in [2.24, 2.45) is 0 Å². The van der Waals surface area contributed by atoms with Crippen molar-refractivity contribution < 1.29 is 14.4 Å². The van der Waals surface area contributed by atoms with Crippen LogP contribution in [0.1, 0.15) is 71.0 Å². The standard InChI is InChI=1S/C29H30N2O3/c1-29(2,3)24-15-13-21(14-16-24)27(33)23-6-4-7-25(18-23)30-28(34)22-11-9-20(10-12-22)19-31-17-5-8-26(31)32/h4,6-7,9-16,18H,5,8,17,19H2,1-3H3,(H,30,34). The molecule has 0 atom stereocenters. The molecule has 3 aromatic carbocycles. The normalized spacial score (nSPS) is 13.7. The minimum Gasteiger partial charge on any atom is -0.338 e. The summed E-state index contributed by atoms with van der Waals surface area (Å²) in [4.78, 5) is 39.4. The number of nitrogens with zero attached hydrogens (tertiary/aromatic N) is 1. The molecule has 1 saturated heterocycles. The molecule has 1 aliphatic heterocycles. The van der Waals surface area contributed by atoms with E-state index in [0.717, 1.165) is 18.5 Å². The maximum Gasteiger partial charge on any atom is 0.255 e. The van der Waals surface area contributed by atoms with Crippen LogP contribution < -0.4 is 5.32 Å². The number of ketones is 1. The molecule has 0 aromatic heterocycles. The van der Waals surface area contributed by atoms with Crippen LogP contribution >= 0.6 is 0 Å². The average Bonchev–Trinajstić information content (AvgIpc) is 3.23. The zero-order valence-corrected chi connectivity index (χ0v) is 19.9. The van der Waals surface area contributed by atoms with E-state index in [-0.39, 0.29) is 23.0 Å². The summed E-state index contributed by atoms with van der Waals surface area (Å²) in [6, 6.07) is 21.9. The molecule has 1 fully saturated rings. The molecule has 1 heterocycles. The summed E-state index contributed by atoms with van der Waals surface area (Å²) in [5, 5.41) is 2.88. The predicted octanol–water partition coefficient (Wildman–Crippen LogP) is 5.59. The molecule has 5 heteroatoms. The Balaban J connectivity index is 1.42. The van der Waals surface area contributed by atoms with Gasteiger partial charge in [-0.1, -0.05) is 69.3 Å². The van der Waals surface area contributed by atoms with Gasteiger partial charge in [0.15, 0.2) is 5.78 Å². The van der Waals surface area contributed by atoms with Gasteiger partial charge < -0.3 is 10.2 Å². The van der Waals surface area contributed by atoms with Gasteiger partial charge in [-0.05, 0) is 47.2 Å². The lowest BCUT2D eigenvalue weighted by molar-refractivity contribution is -0.128. The average molecular weight is 455 g/mol. The molecule has 0 bridgehead atoms. The molecule has 5 nitrogen and oxygen atoms in total. The first-order chi connectivity index (χ1) is 16.2. The first kappa shape index (κ1) is 23.4. The van der Waals surface area contributed by atoms with Crippen molar-refractivity contribution in [2.45, 2.75) is 45.6 Å². The van der Waals surface area contributed by atoms with Gasteiger partial charge in [-0.25, -0.2) is 0 Å². The molecule has 0 saturated carbocycles. The number of carbonyl (C=O) groups is 3. The number of carbonyl (C=O) groups excluding carboxylic acids is 3. The number of hydrogen-bond acceptors (Lipinski definition) is 3. The number of hydrogen-bond donors (Lipinski definition) is 1. The van der Waals surface area contributed by atoms with E-state index in [1.54, 1.807) is 36.4 Å². The van der Waals surface area contributed by atoms with Gasteiger partial charge >= 0.3 is 0 Å². The fourth-order valence-electron chi connectivity index (χ4n) is 4.08. The van der Waals surface area contributed by atoms with Crippen LogP contribution in [0, 0.1) is 0 Å². The number of rotatable bonds is 6. The SMILES string of the molecule is CC(C)(C)c1ccc(C(=O)c2cccc(NC(=O)c3ccc(CN4CCCC4=O)cc3)c2)cc1. The Morgan fingerprint density at radius 3 is 2.18 bits per heavy atom. The van der Waals surface area contributed by atoms with Crippen molar-refractivity contribution >= 4 is 23.3 Å². The quantitative estimate of drug-likeness (QED) is 0.494. The van der Waals surface area contributed by atoms with Gasteiger partial charge in [0.1, 0.15) is 0 Å². The highest BCUT2D eigenvalue weighted by Gasteiger charge is 2.20. The number of amides is 2. The van der Waals surface area contributed by atoms with Gasteiger partial charge in [-0.3, -0.25) is 14.4 Å². The van der Waals surface area contributed by atoms with E-state index < -0.39 is 0 Å². The van der Waals surface area contributed by atoms with E-state index >= 15 is 0 Å². The first-order valence-corrected chi connectivity index (χ1v) is 11.6. The van der Waals surface area contributed by atoms with E-state index in [9.17, 15) is 14.4 Å². The fraction of sp³-hybridized carbons (Fsp3) is 0.276. The first-order valence-electron chi connectivity index (χ1n) is 11.6. The van der Waals surface area contributed by atoms with Crippen molar-refractivity contribution in [1.29, 1.82) is 0 Å².